The molecular formula is C25H33N3O5S. The zero-order chi connectivity index (χ0) is 24.9. The summed E-state index contributed by atoms with van der Waals surface area (Å²) in [5, 5.41) is 5.55. The van der Waals surface area contributed by atoms with Crippen LogP contribution in [-0.2, 0) is 14.8 Å². The Morgan fingerprint density at radius 1 is 1.00 bits per heavy atom. The predicted molar refractivity (Wildman–Crippen MR) is 132 cm³/mol. The maximum absolute atomic E-state index is 13.2. The van der Waals surface area contributed by atoms with Crippen LogP contribution in [0.5, 0.6) is 5.75 Å². The maximum atomic E-state index is 13.2. The highest BCUT2D eigenvalue weighted by atomic mass is 32.2. The van der Waals surface area contributed by atoms with Crippen molar-refractivity contribution in [3.63, 3.8) is 0 Å². The molecule has 34 heavy (non-hydrogen) atoms. The number of nitrogens with one attached hydrogen (secondary N) is 2. The molecule has 1 heterocycles. The van der Waals surface area contributed by atoms with Gasteiger partial charge < -0.3 is 15.4 Å². The highest BCUT2D eigenvalue weighted by molar-refractivity contribution is 7.89. The molecule has 0 radical (unpaired) electrons. The summed E-state index contributed by atoms with van der Waals surface area (Å²) in [6.45, 7) is 6.52. The first-order chi connectivity index (χ1) is 16.1. The molecule has 1 atom stereocenters. The first-order valence-corrected chi connectivity index (χ1v) is 12.9. The third-order valence-corrected chi connectivity index (χ3v) is 7.83. The molecule has 0 aromatic heterocycles. The molecule has 8 nitrogen and oxygen atoms in total. The fourth-order valence-electron chi connectivity index (χ4n) is 3.88. The highest BCUT2D eigenvalue weighted by Gasteiger charge is 2.30. The van der Waals surface area contributed by atoms with Gasteiger partial charge in [-0.1, -0.05) is 38.0 Å². The number of ether oxygens (including phenoxy) is 1. The second-order valence-corrected chi connectivity index (χ2v) is 10.8. The summed E-state index contributed by atoms with van der Waals surface area (Å²) in [6.07, 6.45) is 2.63. The number of anilines is 1. The first-order valence-electron chi connectivity index (χ1n) is 11.5. The smallest absolute Gasteiger partial charge is 0.251 e. The van der Waals surface area contributed by atoms with E-state index in [2.05, 4.69) is 10.6 Å². The monoisotopic (exact) mass is 487 g/mol. The van der Waals surface area contributed by atoms with Crippen LogP contribution in [0.4, 0.5) is 5.69 Å². The van der Waals surface area contributed by atoms with Crippen molar-refractivity contribution >= 4 is 27.5 Å². The molecule has 0 aliphatic carbocycles. The van der Waals surface area contributed by atoms with Gasteiger partial charge in [-0.15, -0.1) is 0 Å². The van der Waals surface area contributed by atoms with Crippen molar-refractivity contribution in [2.45, 2.75) is 51.0 Å². The van der Waals surface area contributed by atoms with Crippen LogP contribution in [0, 0.1) is 12.8 Å². The van der Waals surface area contributed by atoms with Crippen LogP contribution < -0.4 is 15.4 Å². The van der Waals surface area contributed by atoms with E-state index in [1.807, 2.05) is 32.9 Å². The van der Waals surface area contributed by atoms with E-state index in [0.717, 1.165) is 24.8 Å². The number of methoxy groups -OCH3 is 1. The van der Waals surface area contributed by atoms with E-state index in [1.165, 1.54) is 23.5 Å². The number of hydrogen-bond donors (Lipinski definition) is 2. The molecule has 1 saturated heterocycles. The summed E-state index contributed by atoms with van der Waals surface area (Å²) in [6, 6.07) is 10.8. The van der Waals surface area contributed by atoms with Gasteiger partial charge >= 0.3 is 0 Å². The lowest BCUT2D eigenvalue weighted by Crippen LogP contribution is -2.47. The Morgan fingerprint density at radius 2 is 1.65 bits per heavy atom. The van der Waals surface area contributed by atoms with Crippen LogP contribution in [0.1, 0.15) is 49.0 Å². The minimum Gasteiger partial charge on any atom is -0.495 e. The van der Waals surface area contributed by atoms with E-state index in [0.29, 0.717) is 24.3 Å². The van der Waals surface area contributed by atoms with Gasteiger partial charge in [0.15, 0.2) is 0 Å². The quantitative estimate of drug-likeness (QED) is 0.592. The molecule has 184 valence electrons. The van der Waals surface area contributed by atoms with Gasteiger partial charge in [-0.2, -0.15) is 4.31 Å². The van der Waals surface area contributed by atoms with Crippen LogP contribution in [0.25, 0.3) is 0 Å². The standard InChI is InChI=1S/C25H33N3O5S/c1-17(2)23(27-24(29)19-10-8-18(3)9-11-19)25(30)26-20-12-13-21(33-4)22(16-20)34(31,32)28-14-6-5-7-15-28/h8-13,16-17,23H,5-7,14-15H2,1-4H3,(H,26,30)(H,27,29). The number of piperidine rings is 1. The summed E-state index contributed by atoms with van der Waals surface area (Å²) in [5.74, 6) is -0.750. The predicted octanol–water partition coefficient (Wildman–Crippen LogP) is 3.57. The Hall–Kier alpha value is -2.91. The number of sulfonamides is 1. The van der Waals surface area contributed by atoms with Gasteiger partial charge in [-0.25, -0.2) is 8.42 Å². The number of carbonyl (C=O) groups is 2. The number of benzene rings is 2. The van der Waals surface area contributed by atoms with E-state index in [-0.39, 0.29) is 22.5 Å². The Kier molecular flexibility index (Phi) is 8.33. The molecule has 9 heteroatoms. The second-order valence-electron chi connectivity index (χ2n) is 8.88. The molecule has 1 unspecified atom stereocenters. The molecule has 2 N–H and O–H groups in total. The number of aryl methyl sites for hydroxylation is 1. The third kappa shape index (κ3) is 5.95. The average molecular weight is 488 g/mol. The molecule has 2 aromatic carbocycles. The number of amides is 2. The number of carbonyl (C=O) groups excluding carboxylic acids is 2. The zero-order valence-corrected chi connectivity index (χ0v) is 20.9. The molecular weight excluding hydrogens is 454 g/mol. The molecule has 3 rings (SSSR count). The Labute approximate surface area is 201 Å². The van der Waals surface area contributed by atoms with Crippen molar-refractivity contribution in [2.75, 3.05) is 25.5 Å². The van der Waals surface area contributed by atoms with Crippen molar-refractivity contribution in [3.8, 4) is 5.75 Å². The summed E-state index contributed by atoms with van der Waals surface area (Å²) in [7, 11) is -2.36. The first kappa shape index (κ1) is 25.7. The lowest BCUT2D eigenvalue weighted by molar-refractivity contribution is -0.118. The van der Waals surface area contributed by atoms with Crippen molar-refractivity contribution in [1.29, 1.82) is 0 Å². The topological polar surface area (TPSA) is 105 Å². The summed E-state index contributed by atoms with van der Waals surface area (Å²) < 4.78 is 33.3. The molecule has 1 aliphatic heterocycles. The van der Waals surface area contributed by atoms with E-state index >= 15 is 0 Å². The van der Waals surface area contributed by atoms with Crippen molar-refractivity contribution in [2.24, 2.45) is 5.92 Å². The normalized spacial score (nSPS) is 15.6. The lowest BCUT2D eigenvalue weighted by atomic mass is 10.0. The molecule has 0 saturated carbocycles. The molecule has 1 aliphatic rings. The van der Waals surface area contributed by atoms with Gasteiger partial charge in [0.1, 0.15) is 16.7 Å². The van der Waals surface area contributed by atoms with Gasteiger partial charge in [-0.05, 0) is 56.0 Å². The summed E-state index contributed by atoms with van der Waals surface area (Å²) in [4.78, 5) is 25.8. The summed E-state index contributed by atoms with van der Waals surface area (Å²) >= 11 is 0. The molecule has 2 aromatic rings. The minimum atomic E-state index is -3.77. The average Bonchev–Trinajstić information content (AvgIpc) is 2.83. The fourth-order valence-corrected chi connectivity index (χ4v) is 5.58. The van der Waals surface area contributed by atoms with Crippen LogP contribution >= 0.6 is 0 Å². The van der Waals surface area contributed by atoms with Gasteiger partial charge in [0.05, 0.1) is 7.11 Å². The minimum absolute atomic E-state index is 0.0134. The largest absolute Gasteiger partial charge is 0.495 e. The van der Waals surface area contributed by atoms with Crippen LogP contribution in [0.2, 0.25) is 0 Å². The second kappa shape index (κ2) is 11.0. The maximum Gasteiger partial charge on any atom is 0.251 e. The van der Waals surface area contributed by atoms with Gasteiger partial charge in [0, 0.05) is 24.3 Å². The number of nitrogens with zero attached hydrogens (tertiary/aromatic N) is 1. The van der Waals surface area contributed by atoms with Gasteiger partial charge in [0.25, 0.3) is 5.91 Å². The van der Waals surface area contributed by atoms with Crippen molar-refractivity contribution in [3.05, 3.63) is 53.6 Å². The zero-order valence-electron chi connectivity index (χ0n) is 20.1. The highest BCUT2D eigenvalue weighted by Crippen LogP contribution is 2.31. The van der Waals surface area contributed by atoms with E-state index < -0.39 is 22.0 Å². The van der Waals surface area contributed by atoms with E-state index in [9.17, 15) is 18.0 Å². The van der Waals surface area contributed by atoms with Crippen LogP contribution in [0.15, 0.2) is 47.4 Å². The van der Waals surface area contributed by atoms with Gasteiger partial charge in [0.2, 0.25) is 15.9 Å². The Balaban J connectivity index is 1.81. The summed E-state index contributed by atoms with van der Waals surface area (Å²) in [5.41, 5.74) is 1.81. The molecule has 0 bridgehead atoms. The molecule has 0 spiro atoms. The van der Waals surface area contributed by atoms with Crippen LogP contribution in [-0.4, -0.2) is 50.8 Å². The number of hydrogen-bond acceptors (Lipinski definition) is 5. The van der Waals surface area contributed by atoms with Crippen LogP contribution in [0.3, 0.4) is 0 Å². The third-order valence-electron chi connectivity index (χ3n) is 5.91. The number of rotatable bonds is 8. The molecule has 2 amide bonds. The van der Waals surface area contributed by atoms with Crippen molar-refractivity contribution in [1.82, 2.24) is 9.62 Å². The van der Waals surface area contributed by atoms with Gasteiger partial charge in [-0.3, -0.25) is 9.59 Å². The van der Waals surface area contributed by atoms with E-state index in [4.69, 9.17) is 4.74 Å². The molecule has 1 fully saturated rings. The Bertz CT molecular complexity index is 1120. The van der Waals surface area contributed by atoms with E-state index in [1.54, 1.807) is 18.2 Å². The Morgan fingerprint density at radius 3 is 2.24 bits per heavy atom. The van der Waals surface area contributed by atoms with Crippen molar-refractivity contribution < 1.29 is 22.7 Å². The lowest BCUT2D eigenvalue weighted by Gasteiger charge is -2.27. The fraction of sp³-hybridized carbons (Fsp3) is 0.440. The SMILES string of the molecule is COc1ccc(NC(=O)C(NC(=O)c2ccc(C)cc2)C(C)C)cc1S(=O)(=O)N1CCCCC1.